The van der Waals surface area contributed by atoms with E-state index in [4.69, 9.17) is 5.73 Å². The first-order chi connectivity index (χ1) is 13.1. The van der Waals surface area contributed by atoms with E-state index in [0.29, 0.717) is 6.54 Å². The normalized spacial score (nSPS) is 19.1. The predicted molar refractivity (Wildman–Crippen MR) is 104 cm³/mol. The van der Waals surface area contributed by atoms with Crippen molar-refractivity contribution >= 4 is 17.6 Å². The van der Waals surface area contributed by atoms with Gasteiger partial charge in [0.1, 0.15) is 0 Å². The van der Waals surface area contributed by atoms with Crippen LogP contribution in [0.15, 0.2) is 24.5 Å². The Bertz CT molecular complexity index is 610. The lowest BCUT2D eigenvalue weighted by molar-refractivity contribution is -0.123. The van der Waals surface area contributed by atoms with Crippen LogP contribution in [-0.2, 0) is 4.79 Å². The lowest BCUT2D eigenvalue weighted by Crippen LogP contribution is -2.52. The fourth-order valence-electron chi connectivity index (χ4n) is 3.77. The maximum absolute atomic E-state index is 12.3. The van der Waals surface area contributed by atoms with Crippen molar-refractivity contribution in [2.45, 2.75) is 19.3 Å². The van der Waals surface area contributed by atoms with Crippen LogP contribution in [0.4, 0.5) is 10.5 Å². The van der Waals surface area contributed by atoms with E-state index in [2.05, 4.69) is 20.1 Å². The molecular formula is C19H30N6O2. The number of carbonyl (C=O) groups excluding carboxylic acids is 2. The second kappa shape index (κ2) is 9.55. The molecule has 2 saturated heterocycles. The molecule has 3 N–H and O–H groups in total. The summed E-state index contributed by atoms with van der Waals surface area (Å²) in [7, 11) is 0. The Morgan fingerprint density at radius 1 is 1.07 bits per heavy atom. The van der Waals surface area contributed by atoms with Crippen LogP contribution in [0.5, 0.6) is 0 Å². The minimum atomic E-state index is -0.175. The third kappa shape index (κ3) is 5.56. The SMILES string of the molecule is NC(=O)C1CCN(CCCNC(=O)N2CCN(c3ccncc3)CC2)CC1. The highest BCUT2D eigenvalue weighted by molar-refractivity contribution is 5.76. The van der Waals surface area contributed by atoms with Gasteiger partial charge >= 0.3 is 6.03 Å². The van der Waals surface area contributed by atoms with E-state index in [0.717, 1.165) is 70.8 Å². The fourth-order valence-corrected chi connectivity index (χ4v) is 3.77. The average molecular weight is 374 g/mol. The molecule has 3 rings (SSSR count). The molecule has 1 aromatic heterocycles. The Kier molecular flexibility index (Phi) is 6.86. The molecule has 27 heavy (non-hydrogen) atoms. The molecule has 0 unspecified atom stereocenters. The number of nitrogens with two attached hydrogens (primary N) is 1. The minimum absolute atomic E-state index is 0.0248. The van der Waals surface area contributed by atoms with E-state index in [1.54, 1.807) is 12.4 Å². The molecule has 8 heteroatoms. The van der Waals surface area contributed by atoms with Crippen LogP contribution in [0.2, 0.25) is 0 Å². The maximum Gasteiger partial charge on any atom is 0.317 e. The van der Waals surface area contributed by atoms with Crippen molar-refractivity contribution in [1.29, 1.82) is 0 Å². The summed E-state index contributed by atoms with van der Waals surface area (Å²) >= 11 is 0. The second-order valence-electron chi connectivity index (χ2n) is 7.28. The highest BCUT2D eigenvalue weighted by atomic mass is 16.2. The zero-order valence-electron chi connectivity index (χ0n) is 15.8. The highest BCUT2D eigenvalue weighted by Gasteiger charge is 2.23. The zero-order chi connectivity index (χ0) is 19.1. The van der Waals surface area contributed by atoms with Gasteiger partial charge in [0.05, 0.1) is 0 Å². The number of nitrogens with zero attached hydrogens (tertiary/aromatic N) is 4. The Morgan fingerprint density at radius 2 is 1.74 bits per heavy atom. The molecule has 2 aliphatic rings. The van der Waals surface area contributed by atoms with Crippen molar-refractivity contribution in [3.63, 3.8) is 0 Å². The summed E-state index contributed by atoms with van der Waals surface area (Å²) in [4.78, 5) is 34.1. The number of piperazine rings is 1. The highest BCUT2D eigenvalue weighted by Crippen LogP contribution is 2.17. The second-order valence-corrected chi connectivity index (χ2v) is 7.28. The van der Waals surface area contributed by atoms with E-state index in [9.17, 15) is 9.59 Å². The van der Waals surface area contributed by atoms with Crippen molar-refractivity contribution in [3.05, 3.63) is 24.5 Å². The number of likely N-dealkylation sites (tertiary alicyclic amines) is 1. The van der Waals surface area contributed by atoms with Crippen molar-refractivity contribution in [2.24, 2.45) is 11.7 Å². The minimum Gasteiger partial charge on any atom is -0.369 e. The number of hydrogen-bond donors (Lipinski definition) is 2. The Morgan fingerprint density at radius 3 is 2.37 bits per heavy atom. The van der Waals surface area contributed by atoms with Gasteiger partial charge in [0.15, 0.2) is 0 Å². The zero-order valence-corrected chi connectivity index (χ0v) is 15.8. The molecule has 0 aromatic carbocycles. The number of carbonyl (C=O) groups is 2. The molecule has 1 aromatic rings. The van der Waals surface area contributed by atoms with Crippen molar-refractivity contribution in [2.75, 3.05) is 57.3 Å². The summed E-state index contributed by atoms with van der Waals surface area (Å²) in [5, 5.41) is 3.03. The number of pyridine rings is 1. The quantitative estimate of drug-likeness (QED) is 0.707. The van der Waals surface area contributed by atoms with Gasteiger partial charge in [-0.15, -0.1) is 0 Å². The van der Waals surface area contributed by atoms with Crippen molar-refractivity contribution in [3.8, 4) is 0 Å². The van der Waals surface area contributed by atoms with Gasteiger partial charge in [-0.05, 0) is 51.0 Å². The number of nitrogens with one attached hydrogen (secondary N) is 1. The van der Waals surface area contributed by atoms with Crippen LogP contribution in [0.25, 0.3) is 0 Å². The van der Waals surface area contributed by atoms with E-state index in [1.165, 1.54) is 0 Å². The van der Waals surface area contributed by atoms with Crippen LogP contribution in [0, 0.1) is 5.92 Å². The summed E-state index contributed by atoms with van der Waals surface area (Å²) in [6.07, 6.45) is 6.21. The molecule has 3 heterocycles. The molecule has 148 valence electrons. The third-order valence-electron chi connectivity index (χ3n) is 5.51. The monoisotopic (exact) mass is 374 g/mol. The largest absolute Gasteiger partial charge is 0.369 e. The Labute approximate surface area is 160 Å². The van der Waals surface area contributed by atoms with Crippen molar-refractivity contribution in [1.82, 2.24) is 20.1 Å². The maximum atomic E-state index is 12.3. The number of aromatic nitrogens is 1. The van der Waals surface area contributed by atoms with E-state index in [-0.39, 0.29) is 17.9 Å². The van der Waals surface area contributed by atoms with E-state index < -0.39 is 0 Å². The van der Waals surface area contributed by atoms with Gasteiger partial charge in [-0.2, -0.15) is 0 Å². The van der Waals surface area contributed by atoms with Crippen LogP contribution < -0.4 is 16.0 Å². The number of amides is 3. The number of hydrogen-bond acceptors (Lipinski definition) is 5. The lowest BCUT2D eigenvalue weighted by atomic mass is 9.96. The lowest BCUT2D eigenvalue weighted by Gasteiger charge is -2.36. The summed E-state index contributed by atoms with van der Waals surface area (Å²) in [6.45, 7) is 6.60. The molecule has 2 fully saturated rings. The van der Waals surface area contributed by atoms with Crippen molar-refractivity contribution < 1.29 is 9.59 Å². The van der Waals surface area contributed by atoms with Crippen LogP contribution in [-0.4, -0.2) is 79.1 Å². The van der Waals surface area contributed by atoms with E-state index in [1.807, 2.05) is 17.0 Å². The molecule has 8 nitrogen and oxygen atoms in total. The smallest absolute Gasteiger partial charge is 0.317 e. The first-order valence-corrected chi connectivity index (χ1v) is 9.83. The number of piperidine rings is 1. The average Bonchev–Trinajstić information content (AvgIpc) is 2.72. The standard InChI is InChI=1S/C19H30N6O2/c20-18(26)16-4-10-23(11-5-16)9-1-6-22-19(27)25-14-12-24(13-15-25)17-2-7-21-8-3-17/h2-3,7-8,16H,1,4-6,9-15H2,(H2,20,26)(H,22,27). The Balaban J connectivity index is 1.29. The summed E-state index contributed by atoms with van der Waals surface area (Å²) in [5.74, 6) is -0.141. The van der Waals surface area contributed by atoms with Gasteiger partial charge in [-0.3, -0.25) is 9.78 Å². The molecule has 0 radical (unpaired) electrons. The van der Waals surface area contributed by atoms with Gasteiger partial charge in [0.2, 0.25) is 5.91 Å². The molecule has 0 saturated carbocycles. The number of anilines is 1. The molecule has 0 aliphatic carbocycles. The van der Waals surface area contributed by atoms with Gasteiger partial charge in [0.25, 0.3) is 0 Å². The van der Waals surface area contributed by atoms with Gasteiger partial charge < -0.3 is 25.8 Å². The van der Waals surface area contributed by atoms with Crippen LogP contribution in [0.3, 0.4) is 0 Å². The first-order valence-electron chi connectivity index (χ1n) is 9.83. The topological polar surface area (TPSA) is 94.8 Å². The summed E-state index contributed by atoms with van der Waals surface area (Å²) in [5.41, 5.74) is 6.52. The molecule has 3 amide bonds. The predicted octanol–water partition coefficient (Wildman–Crippen LogP) is 0.501. The first kappa shape index (κ1) is 19.4. The molecule has 0 spiro atoms. The molecular weight excluding hydrogens is 344 g/mol. The molecule has 0 atom stereocenters. The number of primary amides is 1. The summed E-state index contributed by atoms with van der Waals surface area (Å²) < 4.78 is 0. The van der Waals surface area contributed by atoms with Gasteiger partial charge in [-0.1, -0.05) is 0 Å². The number of urea groups is 1. The number of rotatable bonds is 6. The van der Waals surface area contributed by atoms with Crippen LogP contribution in [0.1, 0.15) is 19.3 Å². The molecule has 2 aliphatic heterocycles. The van der Waals surface area contributed by atoms with Gasteiger partial charge in [0, 0.05) is 56.7 Å². The molecule has 0 bridgehead atoms. The summed E-state index contributed by atoms with van der Waals surface area (Å²) in [6, 6.07) is 4.03. The third-order valence-corrected chi connectivity index (χ3v) is 5.51. The van der Waals surface area contributed by atoms with Gasteiger partial charge in [-0.25, -0.2) is 4.79 Å². The van der Waals surface area contributed by atoms with E-state index >= 15 is 0 Å². The fraction of sp³-hybridized carbons (Fsp3) is 0.632. The Hall–Kier alpha value is -2.35. The van der Waals surface area contributed by atoms with Crippen LogP contribution >= 0.6 is 0 Å².